The molecule has 2 fully saturated rings. The largest absolute Gasteiger partial charge is 0.478 e. The zero-order valence-electron chi connectivity index (χ0n) is 12.3. The van der Waals surface area contributed by atoms with E-state index in [1.165, 1.54) is 32.6 Å². The molecule has 114 valence electrons. The van der Waals surface area contributed by atoms with Gasteiger partial charge in [-0.2, -0.15) is 0 Å². The van der Waals surface area contributed by atoms with Crippen LogP contribution in [0.25, 0.3) is 0 Å². The summed E-state index contributed by atoms with van der Waals surface area (Å²) in [6, 6.07) is 0. The molecule has 2 saturated heterocycles. The van der Waals surface area contributed by atoms with Gasteiger partial charge >= 0.3 is 11.9 Å². The number of carboxylic acid groups (broad SMARTS) is 2. The van der Waals surface area contributed by atoms with Gasteiger partial charge < -0.3 is 20.4 Å². The Bertz CT molecular complexity index is 376. The van der Waals surface area contributed by atoms with Gasteiger partial charge in [0.05, 0.1) is 0 Å². The number of hydrogen-bond donors (Lipinski definition) is 3. The van der Waals surface area contributed by atoms with Crippen molar-refractivity contribution in [1.29, 1.82) is 0 Å². The molecule has 0 aliphatic carbocycles. The van der Waals surface area contributed by atoms with Crippen LogP contribution in [-0.4, -0.2) is 60.3 Å². The molecule has 2 aliphatic heterocycles. The molecular formula is C14H24N2O4. The summed E-state index contributed by atoms with van der Waals surface area (Å²) in [5.41, 5.74) is 1.06. The van der Waals surface area contributed by atoms with E-state index in [0.29, 0.717) is 23.0 Å². The zero-order valence-corrected chi connectivity index (χ0v) is 12.3. The first kappa shape index (κ1) is 16.7. The quantitative estimate of drug-likeness (QED) is 0.645. The SMILES string of the molecule is CN1CC2(C)CNCC(C)(C1)C2.O=C(O)C=CC(=O)O. The summed E-state index contributed by atoms with van der Waals surface area (Å²) in [6.07, 6.45) is 2.52. The summed E-state index contributed by atoms with van der Waals surface area (Å²) >= 11 is 0. The Morgan fingerprint density at radius 3 is 1.80 bits per heavy atom. The van der Waals surface area contributed by atoms with Crippen LogP contribution in [-0.2, 0) is 9.59 Å². The van der Waals surface area contributed by atoms with Crippen molar-refractivity contribution in [1.82, 2.24) is 10.2 Å². The standard InChI is InChI=1S/C10H20N2.C4H4O4/c1-9-4-10(2,6-11-5-9)8-12(3)7-9;5-3(6)1-2-4(7)8/h11H,4-8H2,1-3H3;1-2H,(H,5,6)(H,7,8). The maximum absolute atomic E-state index is 9.55. The summed E-state index contributed by atoms with van der Waals surface area (Å²) in [5, 5.41) is 19.2. The third kappa shape index (κ3) is 5.30. The number of fused-ring (bicyclic) bond motifs is 2. The third-order valence-corrected chi connectivity index (χ3v) is 3.63. The number of nitrogens with one attached hydrogen (secondary N) is 1. The fourth-order valence-corrected chi connectivity index (χ4v) is 3.55. The van der Waals surface area contributed by atoms with E-state index in [1.54, 1.807) is 0 Å². The highest BCUT2D eigenvalue weighted by Gasteiger charge is 2.44. The summed E-state index contributed by atoms with van der Waals surface area (Å²) < 4.78 is 0. The number of piperidine rings is 2. The van der Waals surface area contributed by atoms with Crippen LogP contribution < -0.4 is 5.32 Å². The number of aliphatic carboxylic acids is 2. The smallest absolute Gasteiger partial charge is 0.328 e. The average molecular weight is 284 g/mol. The summed E-state index contributed by atoms with van der Waals surface area (Å²) in [7, 11) is 2.25. The van der Waals surface area contributed by atoms with Gasteiger partial charge in [-0.3, -0.25) is 0 Å². The first-order valence-electron chi connectivity index (χ1n) is 6.67. The van der Waals surface area contributed by atoms with Gasteiger partial charge in [0.1, 0.15) is 0 Å². The Hall–Kier alpha value is -1.40. The first-order chi connectivity index (χ1) is 9.14. The summed E-state index contributed by atoms with van der Waals surface area (Å²) in [5.74, 6) is -2.51. The predicted molar refractivity (Wildman–Crippen MR) is 75.6 cm³/mol. The van der Waals surface area contributed by atoms with E-state index in [9.17, 15) is 9.59 Å². The van der Waals surface area contributed by atoms with Crippen LogP contribution in [0.5, 0.6) is 0 Å². The molecule has 6 nitrogen and oxygen atoms in total. The Balaban J connectivity index is 0.000000221. The molecule has 0 aromatic carbocycles. The molecule has 6 heteroatoms. The predicted octanol–water partition coefficient (Wildman–Crippen LogP) is 0.650. The molecule has 0 amide bonds. The maximum Gasteiger partial charge on any atom is 0.328 e. The van der Waals surface area contributed by atoms with Crippen molar-refractivity contribution in [3.8, 4) is 0 Å². The third-order valence-electron chi connectivity index (χ3n) is 3.63. The van der Waals surface area contributed by atoms with Gasteiger partial charge in [0.2, 0.25) is 0 Å². The monoisotopic (exact) mass is 284 g/mol. The molecule has 0 saturated carbocycles. The van der Waals surface area contributed by atoms with Crippen LogP contribution in [0, 0.1) is 10.8 Å². The van der Waals surface area contributed by atoms with Crippen molar-refractivity contribution in [2.75, 3.05) is 33.2 Å². The fraction of sp³-hybridized carbons (Fsp3) is 0.714. The Morgan fingerprint density at radius 1 is 1.05 bits per heavy atom. The minimum Gasteiger partial charge on any atom is -0.478 e. The lowest BCUT2D eigenvalue weighted by Gasteiger charge is -2.53. The van der Waals surface area contributed by atoms with Crippen molar-refractivity contribution in [2.45, 2.75) is 20.3 Å². The van der Waals surface area contributed by atoms with Gasteiger partial charge in [-0.1, -0.05) is 13.8 Å². The zero-order chi connectivity index (χ0) is 15.4. The van der Waals surface area contributed by atoms with Gasteiger partial charge in [0.15, 0.2) is 0 Å². The van der Waals surface area contributed by atoms with Crippen LogP contribution in [0.3, 0.4) is 0 Å². The Labute approximate surface area is 119 Å². The maximum atomic E-state index is 9.55. The molecule has 20 heavy (non-hydrogen) atoms. The lowest BCUT2D eigenvalue weighted by atomic mass is 9.66. The Morgan fingerprint density at radius 2 is 1.45 bits per heavy atom. The van der Waals surface area contributed by atoms with E-state index in [4.69, 9.17) is 10.2 Å². The van der Waals surface area contributed by atoms with Gasteiger partial charge in [-0.05, 0) is 24.3 Å². The molecule has 0 radical (unpaired) electrons. The second-order valence-electron chi connectivity index (χ2n) is 6.58. The average Bonchev–Trinajstić information content (AvgIpc) is 2.23. The normalized spacial score (nSPS) is 33.4. The number of likely N-dealkylation sites (tertiary alicyclic amines) is 1. The molecule has 2 heterocycles. The van der Waals surface area contributed by atoms with Crippen LogP contribution in [0.2, 0.25) is 0 Å². The molecule has 0 aromatic rings. The molecule has 3 N–H and O–H groups in total. The molecule has 2 unspecified atom stereocenters. The molecule has 2 atom stereocenters. The van der Waals surface area contributed by atoms with Crippen LogP contribution in [0.1, 0.15) is 20.3 Å². The highest BCUT2D eigenvalue weighted by molar-refractivity contribution is 5.89. The van der Waals surface area contributed by atoms with Crippen molar-refractivity contribution in [2.24, 2.45) is 10.8 Å². The number of nitrogens with zero attached hydrogens (tertiary/aromatic N) is 1. The number of carbonyl (C=O) groups is 2. The van der Waals surface area contributed by atoms with Crippen LogP contribution >= 0.6 is 0 Å². The molecule has 2 aliphatic rings. The lowest BCUT2D eigenvalue weighted by Crippen LogP contribution is -2.60. The lowest BCUT2D eigenvalue weighted by molar-refractivity contribution is -0.134. The fourth-order valence-electron chi connectivity index (χ4n) is 3.55. The van der Waals surface area contributed by atoms with Crippen molar-refractivity contribution >= 4 is 11.9 Å². The van der Waals surface area contributed by atoms with Crippen molar-refractivity contribution < 1.29 is 19.8 Å². The van der Waals surface area contributed by atoms with E-state index in [1.807, 2.05) is 0 Å². The second-order valence-corrected chi connectivity index (χ2v) is 6.58. The molecule has 0 aromatic heterocycles. The van der Waals surface area contributed by atoms with Crippen LogP contribution in [0.4, 0.5) is 0 Å². The topological polar surface area (TPSA) is 89.9 Å². The number of carboxylic acids is 2. The molecule has 2 bridgehead atoms. The van der Waals surface area contributed by atoms with Gasteiger partial charge in [-0.25, -0.2) is 9.59 Å². The van der Waals surface area contributed by atoms with Gasteiger partial charge in [-0.15, -0.1) is 0 Å². The highest BCUT2D eigenvalue weighted by atomic mass is 16.4. The molecular weight excluding hydrogens is 260 g/mol. The van der Waals surface area contributed by atoms with E-state index in [0.717, 1.165) is 0 Å². The second kappa shape index (κ2) is 6.37. The molecule has 2 rings (SSSR count). The van der Waals surface area contributed by atoms with Crippen molar-refractivity contribution in [3.05, 3.63) is 12.2 Å². The number of rotatable bonds is 2. The minimum absolute atomic E-state index is 0.528. The van der Waals surface area contributed by atoms with E-state index < -0.39 is 11.9 Å². The van der Waals surface area contributed by atoms with E-state index in [-0.39, 0.29) is 0 Å². The Kier molecular flexibility index (Phi) is 5.30. The van der Waals surface area contributed by atoms with Gasteiger partial charge in [0.25, 0.3) is 0 Å². The summed E-state index contributed by atoms with van der Waals surface area (Å²) in [6.45, 7) is 9.74. The summed E-state index contributed by atoms with van der Waals surface area (Å²) in [4.78, 5) is 21.6. The number of hydrogen-bond acceptors (Lipinski definition) is 4. The van der Waals surface area contributed by atoms with Crippen LogP contribution in [0.15, 0.2) is 12.2 Å². The molecule has 0 spiro atoms. The van der Waals surface area contributed by atoms with E-state index >= 15 is 0 Å². The van der Waals surface area contributed by atoms with Gasteiger partial charge in [0, 0.05) is 38.3 Å². The van der Waals surface area contributed by atoms with E-state index in [2.05, 4.69) is 31.1 Å². The minimum atomic E-state index is -1.26. The first-order valence-corrected chi connectivity index (χ1v) is 6.67. The highest BCUT2D eigenvalue weighted by Crippen LogP contribution is 2.41. The van der Waals surface area contributed by atoms with Crippen molar-refractivity contribution in [3.63, 3.8) is 0 Å².